The molecule has 0 bridgehead atoms. The van der Waals surface area contributed by atoms with E-state index in [1.807, 2.05) is 31.2 Å². The van der Waals surface area contributed by atoms with Crippen molar-refractivity contribution in [2.45, 2.75) is 13.0 Å². The molecule has 4 nitrogen and oxygen atoms in total. The Labute approximate surface area is 99.0 Å². The van der Waals surface area contributed by atoms with Gasteiger partial charge in [-0.3, -0.25) is 4.79 Å². The molecule has 0 aliphatic carbocycles. The van der Waals surface area contributed by atoms with Crippen LogP contribution >= 0.6 is 12.2 Å². The molecule has 0 saturated carbocycles. The molecule has 1 aromatic rings. The van der Waals surface area contributed by atoms with Gasteiger partial charge in [-0.25, -0.2) is 0 Å². The summed E-state index contributed by atoms with van der Waals surface area (Å²) in [5.74, 6) is 0.569. The minimum absolute atomic E-state index is 0.142. The van der Waals surface area contributed by atoms with Gasteiger partial charge in [0.15, 0.2) is 5.11 Å². The van der Waals surface area contributed by atoms with Crippen molar-refractivity contribution in [3.05, 3.63) is 29.8 Å². The maximum absolute atomic E-state index is 11.6. The van der Waals surface area contributed by atoms with E-state index in [2.05, 4.69) is 10.6 Å². The Hall–Kier alpha value is -1.62. The van der Waals surface area contributed by atoms with Crippen molar-refractivity contribution in [1.29, 1.82) is 0 Å². The number of hydrogen-bond donors (Lipinski definition) is 2. The van der Waals surface area contributed by atoms with Gasteiger partial charge in [0.05, 0.1) is 6.61 Å². The van der Waals surface area contributed by atoms with Gasteiger partial charge in [0.25, 0.3) is 5.91 Å². The van der Waals surface area contributed by atoms with E-state index in [-0.39, 0.29) is 5.91 Å². The van der Waals surface area contributed by atoms with Crippen molar-refractivity contribution in [3.63, 3.8) is 0 Å². The molecule has 84 valence electrons. The number of hydrogen-bond acceptors (Lipinski definition) is 3. The summed E-state index contributed by atoms with van der Waals surface area (Å²) in [6.45, 7) is 2.47. The van der Waals surface area contributed by atoms with Crippen LogP contribution in [0.5, 0.6) is 5.75 Å². The molecule has 0 aromatic heterocycles. The van der Waals surface area contributed by atoms with E-state index in [1.54, 1.807) is 0 Å². The van der Waals surface area contributed by atoms with Crippen LogP contribution in [0.1, 0.15) is 18.5 Å². The molecule has 1 saturated heterocycles. The van der Waals surface area contributed by atoms with E-state index in [0.29, 0.717) is 17.5 Å². The Bertz CT molecular complexity index is 434. The number of carbonyl (C=O) groups excluding carboxylic acids is 1. The van der Waals surface area contributed by atoms with E-state index in [9.17, 15) is 4.79 Å². The molecule has 5 heteroatoms. The van der Waals surface area contributed by atoms with Crippen LogP contribution in [0.4, 0.5) is 0 Å². The Kier molecular flexibility index (Phi) is 3.05. The first kappa shape index (κ1) is 10.9. The Morgan fingerprint density at radius 2 is 2.19 bits per heavy atom. The number of amides is 1. The van der Waals surface area contributed by atoms with Crippen LogP contribution in [0.3, 0.4) is 0 Å². The van der Waals surface area contributed by atoms with E-state index in [1.165, 1.54) is 0 Å². The average Bonchev–Trinajstić information content (AvgIpc) is 2.59. The SMILES string of the molecule is CCOc1ccccc1C1NC(=S)NC1=O. The lowest BCUT2D eigenvalue weighted by Crippen LogP contribution is -2.21. The summed E-state index contributed by atoms with van der Waals surface area (Å²) in [4.78, 5) is 11.6. The molecule has 1 amide bonds. The second-order valence-electron chi connectivity index (χ2n) is 3.37. The lowest BCUT2D eigenvalue weighted by molar-refractivity contribution is -0.120. The number of ether oxygens (including phenoxy) is 1. The molecule has 1 unspecified atom stereocenters. The van der Waals surface area contributed by atoms with Crippen molar-refractivity contribution < 1.29 is 9.53 Å². The molecular formula is C11H12N2O2S. The molecule has 1 atom stereocenters. The Morgan fingerprint density at radius 3 is 2.81 bits per heavy atom. The third-order valence-electron chi connectivity index (χ3n) is 2.30. The fourth-order valence-electron chi connectivity index (χ4n) is 1.64. The molecule has 1 aliphatic heterocycles. The lowest BCUT2D eigenvalue weighted by atomic mass is 10.1. The van der Waals surface area contributed by atoms with Gasteiger partial charge in [-0.05, 0) is 25.2 Å². The molecule has 16 heavy (non-hydrogen) atoms. The maximum atomic E-state index is 11.6. The summed E-state index contributed by atoms with van der Waals surface area (Å²) in [7, 11) is 0. The normalized spacial score (nSPS) is 19.2. The number of rotatable bonds is 3. The van der Waals surface area contributed by atoms with Crippen LogP contribution < -0.4 is 15.4 Å². The molecule has 2 N–H and O–H groups in total. The van der Waals surface area contributed by atoms with Crippen LogP contribution in [-0.2, 0) is 4.79 Å². The van der Waals surface area contributed by atoms with Crippen LogP contribution in [0.25, 0.3) is 0 Å². The van der Waals surface area contributed by atoms with Crippen molar-refractivity contribution in [1.82, 2.24) is 10.6 Å². The van der Waals surface area contributed by atoms with Crippen molar-refractivity contribution in [2.75, 3.05) is 6.61 Å². The average molecular weight is 236 g/mol. The largest absolute Gasteiger partial charge is 0.494 e. The van der Waals surface area contributed by atoms with Gasteiger partial charge < -0.3 is 15.4 Å². The van der Waals surface area contributed by atoms with Crippen LogP contribution in [-0.4, -0.2) is 17.6 Å². The lowest BCUT2D eigenvalue weighted by Gasteiger charge is -2.13. The van der Waals surface area contributed by atoms with Gasteiger partial charge in [-0.15, -0.1) is 0 Å². The summed E-state index contributed by atoms with van der Waals surface area (Å²) >= 11 is 4.90. The maximum Gasteiger partial charge on any atom is 0.253 e. The molecule has 0 radical (unpaired) electrons. The standard InChI is InChI=1S/C11H12N2O2S/c1-2-15-8-6-4-3-5-7(8)9-10(14)13-11(16)12-9/h3-6,9H,2H2,1H3,(H2,12,13,14,16). The third kappa shape index (κ3) is 1.99. The van der Waals surface area contributed by atoms with Gasteiger partial charge in [-0.1, -0.05) is 18.2 Å². The highest BCUT2D eigenvalue weighted by molar-refractivity contribution is 7.80. The van der Waals surface area contributed by atoms with E-state index >= 15 is 0 Å². The first-order valence-corrected chi connectivity index (χ1v) is 5.46. The van der Waals surface area contributed by atoms with Crippen molar-refractivity contribution in [3.8, 4) is 5.75 Å². The molecule has 1 heterocycles. The molecular weight excluding hydrogens is 224 g/mol. The number of nitrogens with one attached hydrogen (secondary N) is 2. The third-order valence-corrected chi connectivity index (χ3v) is 2.52. The predicted octanol–water partition coefficient (Wildman–Crippen LogP) is 1.13. The van der Waals surface area contributed by atoms with Crippen molar-refractivity contribution in [2.24, 2.45) is 0 Å². The summed E-state index contributed by atoms with van der Waals surface area (Å²) in [6, 6.07) is 6.99. The molecule has 1 aromatic carbocycles. The first-order chi connectivity index (χ1) is 7.72. The minimum atomic E-state index is -0.449. The fraction of sp³-hybridized carbons (Fsp3) is 0.273. The quantitative estimate of drug-likeness (QED) is 0.772. The van der Waals surface area contributed by atoms with Crippen molar-refractivity contribution >= 4 is 23.2 Å². The van der Waals surface area contributed by atoms with Gasteiger partial charge in [-0.2, -0.15) is 0 Å². The van der Waals surface area contributed by atoms with E-state index in [4.69, 9.17) is 17.0 Å². The Morgan fingerprint density at radius 1 is 1.44 bits per heavy atom. The predicted molar refractivity (Wildman–Crippen MR) is 64.2 cm³/mol. The highest BCUT2D eigenvalue weighted by Gasteiger charge is 2.30. The van der Waals surface area contributed by atoms with Crippen LogP contribution in [0.2, 0.25) is 0 Å². The summed E-state index contributed by atoms with van der Waals surface area (Å²) in [6.07, 6.45) is 0. The zero-order chi connectivity index (χ0) is 11.5. The summed E-state index contributed by atoms with van der Waals surface area (Å²) in [5, 5.41) is 5.83. The second kappa shape index (κ2) is 4.49. The van der Waals surface area contributed by atoms with Gasteiger partial charge in [0.2, 0.25) is 0 Å². The zero-order valence-corrected chi connectivity index (χ0v) is 9.64. The minimum Gasteiger partial charge on any atom is -0.494 e. The first-order valence-electron chi connectivity index (χ1n) is 5.05. The Balaban J connectivity index is 2.32. The van der Waals surface area contributed by atoms with Gasteiger partial charge in [0, 0.05) is 5.56 Å². The molecule has 2 rings (SSSR count). The number of carbonyl (C=O) groups is 1. The number of para-hydroxylation sites is 1. The number of thiocarbonyl (C=S) groups is 1. The van der Waals surface area contributed by atoms with Crippen LogP contribution in [0, 0.1) is 0 Å². The van der Waals surface area contributed by atoms with E-state index < -0.39 is 6.04 Å². The highest BCUT2D eigenvalue weighted by Crippen LogP contribution is 2.26. The van der Waals surface area contributed by atoms with Gasteiger partial charge >= 0.3 is 0 Å². The smallest absolute Gasteiger partial charge is 0.253 e. The monoisotopic (exact) mass is 236 g/mol. The second-order valence-corrected chi connectivity index (χ2v) is 3.77. The van der Waals surface area contributed by atoms with E-state index in [0.717, 1.165) is 5.56 Å². The molecule has 0 spiro atoms. The molecule has 1 fully saturated rings. The highest BCUT2D eigenvalue weighted by atomic mass is 32.1. The summed E-state index contributed by atoms with van der Waals surface area (Å²) < 4.78 is 5.47. The summed E-state index contributed by atoms with van der Waals surface area (Å²) in [5.41, 5.74) is 0.807. The topological polar surface area (TPSA) is 50.4 Å². The van der Waals surface area contributed by atoms with Gasteiger partial charge in [0.1, 0.15) is 11.8 Å². The van der Waals surface area contributed by atoms with Crippen LogP contribution in [0.15, 0.2) is 24.3 Å². The number of benzene rings is 1. The zero-order valence-electron chi connectivity index (χ0n) is 8.82. The fourth-order valence-corrected chi connectivity index (χ4v) is 1.86. The molecule has 1 aliphatic rings.